The summed E-state index contributed by atoms with van der Waals surface area (Å²) in [6.07, 6.45) is 3.57. The van der Waals surface area contributed by atoms with Gasteiger partial charge in [-0.05, 0) is 61.6 Å². The molecule has 0 saturated heterocycles. The summed E-state index contributed by atoms with van der Waals surface area (Å²) in [6.45, 7) is 3.68. The van der Waals surface area contributed by atoms with E-state index in [1.807, 2.05) is 60.9 Å². The second kappa shape index (κ2) is 12.5. The minimum atomic E-state index is -0.795. The van der Waals surface area contributed by atoms with Crippen molar-refractivity contribution in [2.24, 2.45) is 4.99 Å². The third-order valence-electron chi connectivity index (χ3n) is 7.32. The third-order valence-corrected chi connectivity index (χ3v) is 9.05. The van der Waals surface area contributed by atoms with Gasteiger partial charge in [0.15, 0.2) is 4.80 Å². The lowest BCUT2D eigenvalue weighted by molar-refractivity contribution is -0.384. The van der Waals surface area contributed by atoms with Crippen LogP contribution < -0.4 is 14.9 Å². The van der Waals surface area contributed by atoms with Gasteiger partial charge in [-0.25, -0.2) is 9.79 Å². The van der Waals surface area contributed by atoms with Gasteiger partial charge in [0.1, 0.15) is 11.5 Å². The van der Waals surface area contributed by atoms with Crippen molar-refractivity contribution >= 4 is 46.5 Å². The first kappa shape index (κ1) is 30.0. The van der Waals surface area contributed by atoms with E-state index in [0.29, 0.717) is 32.1 Å². The molecule has 45 heavy (non-hydrogen) atoms. The Morgan fingerprint density at radius 1 is 1.11 bits per heavy atom. The lowest BCUT2D eigenvalue weighted by atomic mass is 9.93. The molecule has 0 bridgehead atoms. The number of hydrogen-bond acceptors (Lipinski definition) is 9. The summed E-state index contributed by atoms with van der Waals surface area (Å²) in [7, 11) is 0. The van der Waals surface area contributed by atoms with E-state index in [2.05, 4.69) is 0 Å². The van der Waals surface area contributed by atoms with Gasteiger partial charge in [-0.3, -0.25) is 19.5 Å². The van der Waals surface area contributed by atoms with Crippen molar-refractivity contribution in [1.82, 2.24) is 4.57 Å². The van der Waals surface area contributed by atoms with Gasteiger partial charge in [-0.2, -0.15) is 0 Å². The van der Waals surface area contributed by atoms with E-state index in [1.165, 1.54) is 22.0 Å². The largest absolute Gasteiger partial charge is 0.463 e. The number of nitro groups is 1. The molecule has 0 saturated carbocycles. The van der Waals surface area contributed by atoms with Crippen molar-refractivity contribution in [2.45, 2.75) is 24.8 Å². The van der Waals surface area contributed by atoms with Crippen LogP contribution in [0, 0.1) is 17.0 Å². The number of fused-ring (bicyclic) bond motifs is 1. The zero-order chi connectivity index (χ0) is 31.7. The van der Waals surface area contributed by atoms with Crippen LogP contribution in [-0.4, -0.2) is 28.3 Å². The molecule has 5 aromatic rings. The summed E-state index contributed by atoms with van der Waals surface area (Å²) >= 11 is 2.77. The van der Waals surface area contributed by atoms with E-state index >= 15 is 0 Å². The van der Waals surface area contributed by atoms with Crippen LogP contribution >= 0.6 is 23.1 Å². The van der Waals surface area contributed by atoms with Crippen molar-refractivity contribution in [3.63, 3.8) is 0 Å². The first-order valence-electron chi connectivity index (χ1n) is 14.1. The second-order valence-electron chi connectivity index (χ2n) is 10.2. The van der Waals surface area contributed by atoms with Crippen LogP contribution in [0.2, 0.25) is 0 Å². The molecular formula is C34H27N3O6S2. The molecule has 0 amide bonds. The van der Waals surface area contributed by atoms with E-state index < -0.39 is 16.9 Å². The van der Waals surface area contributed by atoms with Gasteiger partial charge in [-0.15, -0.1) is 11.8 Å². The van der Waals surface area contributed by atoms with Crippen molar-refractivity contribution in [3.8, 4) is 11.3 Å². The number of esters is 1. The number of nitro benzene ring substituents is 1. The Labute approximate surface area is 266 Å². The molecule has 2 aromatic heterocycles. The molecule has 0 radical (unpaired) electrons. The van der Waals surface area contributed by atoms with Gasteiger partial charge in [0, 0.05) is 22.6 Å². The lowest BCUT2D eigenvalue weighted by Crippen LogP contribution is -2.40. The average molecular weight is 638 g/mol. The summed E-state index contributed by atoms with van der Waals surface area (Å²) in [4.78, 5) is 45.3. The summed E-state index contributed by atoms with van der Waals surface area (Å²) in [5, 5.41) is 11.7. The van der Waals surface area contributed by atoms with Crippen LogP contribution in [0.1, 0.15) is 35.4 Å². The monoisotopic (exact) mass is 637 g/mol. The Bertz CT molecular complexity index is 2140. The minimum absolute atomic E-state index is 0.0669. The van der Waals surface area contributed by atoms with Crippen LogP contribution in [0.15, 0.2) is 110 Å². The molecule has 0 aliphatic carbocycles. The average Bonchev–Trinajstić information content (AvgIpc) is 3.64. The Kier molecular flexibility index (Phi) is 8.38. The number of thiazole rings is 1. The summed E-state index contributed by atoms with van der Waals surface area (Å²) in [5.41, 5.74) is 2.84. The van der Waals surface area contributed by atoms with E-state index in [0.717, 1.165) is 21.6 Å². The molecule has 0 N–H and O–H groups in total. The normalized spacial score (nSPS) is 14.6. The molecular weight excluding hydrogens is 611 g/mol. The standard InChI is InChI=1S/C34H27N3O6S2/c1-4-42-33(39)29-30(21-8-6-5-7-9-21)35-34-36(31(29)22-11-14-24(44-3)15-12-22)32(38)28(45-34)19-23-13-17-27(43-23)25-16-10-20(2)18-26(25)37(40)41/h5-19,31H,4H2,1-3H3/b28-19-/t31-/m0/s1. The van der Waals surface area contributed by atoms with Gasteiger partial charge < -0.3 is 9.15 Å². The zero-order valence-electron chi connectivity index (χ0n) is 24.6. The Morgan fingerprint density at radius 2 is 1.87 bits per heavy atom. The first-order valence-corrected chi connectivity index (χ1v) is 16.1. The number of benzene rings is 3. The van der Waals surface area contributed by atoms with Crippen LogP contribution in [0.25, 0.3) is 23.1 Å². The molecule has 9 nitrogen and oxygen atoms in total. The van der Waals surface area contributed by atoms with Gasteiger partial charge >= 0.3 is 5.97 Å². The number of carbonyl (C=O) groups is 1. The first-order chi connectivity index (χ1) is 21.8. The molecule has 0 fully saturated rings. The molecule has 0 spiro atoms. The van der Waals surface area contributed by atoms with E-state index in [9.17, 15) is 19.7 Å². The van der Waals surface area contributed by atoms with Crippen molar-refractivity contribution in [3.05, 3.63) is 143 Å². The van der Waals surface area contributed by atoms with Gasteiger partial charge in [-0.1, -0.05) is 59.9 Å². The maximum absolute atomic E-state index is 14.1. The maximum atomic E-state index is 14.1. The molecule has 3 heterocycles. The minimum Gasteiger partial charge on any atom is -0.463 e. The van der Waals surface area contributed by atoms with E-state index in [1.54, 1.807) is 56.0 Å². The Morgan fingerprint density at radius 3 is 2.56 bits per heavy atom. The number of ether oxygens (including phenoxy) is 1. The molecule has 226 valence electrons. The van der Waals surface area contributed by atoms with E-state index in [-0.39, 0.29) is 23.4 Å². The number of aromatic nitrogens is 1. The van der Waals surface area contributed by atoms with Gasteiger partial charge in [0.2, 0.25) is 0 Å². The summed E-state index contributed by atoms with van der Waals surface area (Å²) in [5.74, 6) is 0.103. The fourth-order valence-electron chi connectivity index (χ4n) is 5.25. The topological polar surface area (TPSA) is 117 Å². The molecule has 1 atom stereocenters. The fraction of sp³-hybridized carbons (Fsp3) is 0.147. The highest BCUT2D eigenvalue weighted by Gasteiger charge is 2.35. The maximum Gasteiger partial charge on any atom is 0.338 e. The highest BCUT2D eigenvalue weighted by atomic mass is 32.2. The highest BCUT2D eigenvalue weighted by Crippen LogP contribution is 2.36. The fourth-order valence-corrected chi connectivity index (χ4v) is 6.64. The molecule has 3 aromatic carbocycles. The SMILES string of the molecule is CCOC(=O)C1=C(c2ccccc2)N=c2s/c(=C\c3ccc(-c4ccc(C)cc4[N+](=O)[O-])o3)c(=O)n2[C@H]1c1ccc(SC)cc1. The third kappa shape index (κ3) is 5.79. The number of hydrogen-bond donors (Lipinski definition) is 0. The van der Waals surface area contributed by atoms with Crippen LogP contribution in [-0.2, 0) is 9.53 Å². The van der Waals surface area contributed by atoms with Crippen LogP contribution in [0.5, 0.6) is 0 Å². The van der Waals surface area contributed by atoms with Gasteiger partial charge in [0.05, 0.1) is 38.9 Å². The van der Waals surface area contributed by atoms with Gasteiger partial charge in [0.25, 0.3) is 11.2 Å². The van der Waals surface area contributed by atoms with Crippen LogP contribution in [0.4, 0.5) is 5.69 Å². The Hall–Kier alpha value is -5.00. The number of carbonyl (C=O) groups excluding carboxylic acids is 1. The number of rotatable bonds is 8. The van der Waals surface area contributed by atoms with E-state index in [4.69, 9.17) is 14.1 Å². The van der Waals surface area contributed by atoms with Crippen molar-refractivity contribution in [1.29, 1.82) is 0 Å². The predicted molar refractivity (Wildman–Crippen MR) is 175 cm³/mol. The second-order valence-corrected chi connectivity index (χ2v) is 12.1. The number of nitrogens with zero attached hydrogens (tertiary/aromatic N) is 3. The van der Waals surface area contributed by atoms with Crippen molar-refractivity contribution in [2.75, 3.05) is 12.9 Å². The number of aryl methyl sites for hydroxylation is 1. The smallest absolute Gasteiger partial charge is 0.338 e. The van der Waals surface area contributed by atoms with Crippen LogP contribution in [0.3, 0.4) is 0 Å². The summed E-state index contributed by atoms with van der Waals surface area (Å²) in [6, 6.07) is 24.5. The molecule has 11 heteroatoms. The highest BCUT2D eigenvalue weighted by molar-refractivity contribution is 7.98. The molecule has 1 aliphatic heterocycles. The molecule has 1 aliphatic rings. The van der Waals surface area contributed by atoms with Crippen molar-refractivity contribution < 1.29 is 18.9 Å². The zero-order valence-corrected chi connectivity index (χ0v) is 26.2. The predicted octanol–water partition coefficient (Wildman–Crippen LogP) is 6.13. The number of furan rings is 1. The lowest BCUT2D eigenvalue weighted by Gasteiger charge is -2.26. The Balaban J connectivity index is 1.55. The quantitative estimate of drug-likeness (QED) is 0.0869. The summed E-state index contributed by atoms with van der Waals surface area (Å²) < 4.78 is 13.4. The number of thioether (sulfide) groups is 1. The molecule has 6 rings (SSSR count). The molecule has 0 unspecified atom stereocenters.